The minimum Gasteiger partial charge on any atom is -0.497 e. The van der Waals surface area contributed by atoms with Crippen LogP contribution in [-0.4, -0.2) is 45.6 Å². The third-order valence-corrected chi connectivity index (χ3v) is 5.90. The highest BCUT2D eigenvalue weighted by atomic mass is 32.2. The molecule has 2 aromatic carbocycles. The summed E-state index contributed by atoms with van der Waals surface area (Å²) in [5.41, 5.74) is 1.67. The van der Waals surface area contributed by atoms with Crippen LogP contribution in [0.25, 0.3) is 15.9 Å². The largest absolute Gasteiger partial charge is 0.497 e. The molecule has 0 spiro atoms. The molecule has 0 aliphatic rings. The smallest absolute Gasteiger partial charge is 0.236 e. The Morgan fingerprint density at radius 1 is 1.17 bits per heavy atom. The van der Waals surface area contributed by atoms with Gasteiger partial charge >= 0.3 is 0 Å². The number of methoxy groups -OCH3 is 2. The average Bonchev–Trinajstić information content (AvgIpc) is 3.37. The van der Waals surface area contributed by atoms with Gasteiger partial charge in [0.1, 0.15) is 17.8 Å². The van der Waals surface area contributed by atoms with Crippen molar-refractivity contribution in [2.75, 3.05) is 25.3 Å². The number of thioether (sulfide) groups is 1. The van der Waals surface area contributed by atoms with Gasteiger partial charge in [-0.05, 0) is 30.3 Å². The van der Waals surface area contributed by atoms with Gasteiger partial charge in [0, 0.05) is 6.07 Å². The number of benzene rings is 2. The topological polar surface area (TPSA) is 91.2 Å². The van der Waals surface area contributed by atoms with Crippen LogP contribution >= 0.6 is 23.1 Å². The zero-order valence-electron chi connectivity index (χ0n) is 15.7. The lowest BCUT2D eigenvalue weighted by Gasteiger charge is -2.07. The molecule has 0 saturated heterocycles. The molecule has 8 nitrogen and oxygen atoms in total. The van der Waals surface area contributed by atoms with Gasteiger partial charge in [0.2, 0.25) is 5.91 Å². The number of anilines is 1. The number of thiazole rings is 1. The maximum atomic E-state index is 12.4. The van der Waals surface area contributed by atoms with Crippen LogP contribution in [0.4, 0.5) is 5.13 Å². The number of amides is 1. The Kier molecular flexibility index (Phi) is 5.63. The van der Waals surface area contributed by atoms with E-state index in [4.69, 9.17) is 9.47 Å². The monoisotopic (exact) mass is 427 g/mol. The molecule has 0 bridgehead atoms. The minimum atomic E-state index is -0.166. The first kappa shape index (κ1) is 19.2. The zero-order chi connectivity index (χ0) is 20.2. The summed E-state index contributed by atoms with van der Waals surface area (Å²) in [6.07, 6.45) is 1.61. The first-order valence-corrected chi connectivity index (χ1v) is 10.4. The molecule has 1 amide bonds. The van der Waals surface area contributed by atoms with Gasteiger partial charge in [-0.3, -0.25) is 9.36 Å². The summed E-state index contributed by atoms with van der Waals surface area (Å²) in [6, 6.07) is 13.2. The van der Waals surface area contributed by atoms with Crippen molar-refractivity contribution in [1.82, 2.24) is 19.7 Å². The van der Waals surface area contributed by atoms with Crippen LogP contribution < -0.4 is 14.8 Å². The van der Waals surface area contributed by atoms with E-state index in [1.54, 1.807) is 20.5 Å². The quantitative estimate of drug-likeness (QED) is 0.450. The predicted octanol–water partition coefficient (Wildman–Crippen LogP) is 3.63. The fourth-order valence-corrected chi connectivity index (χ4v) is 4.27. The Morgan fingerprint density at radius 3 is 2.83 bits per heavy atom. The van der Waals surface area contributed by atoms with Crippen LogP contribution in [0.15, 0.2) is 53.9 Å². The van der Waals surface area contributed by atoms with Crippen LogP contribution in [-0.2, 0) is 4.79 Å². The molecule has 29 heavy (non-hydrogen) atoms. The van der Waals surface area contributed by atoms with Gasteiger partial charge in [-0.2, -0.15) is 0 Å². The van der Waals surface area contributed by atoms with Gasteiger partial charge in [0.25, 0.3) is 0 Å². The highest BCUT2D eigenvalue weighted by Gasteiger charge is 2.13. The molecular weight excluding hydrogens is 410 g/mol. The molecule has 2 aromatic heterocycles. The van der Waals surface area contributed by atoms with Crippen molar-refractivity contribution in [1.29, 1.82) is 0 Å². The number of hydrogen-bond acceptors (Lipinski definition) is 8. The van der Waals surface area contributed by atoms with Crippen LogP contribution in [0.5, 0.6) is 11.5 Å². The molecule has 1 N–H and O–H groups in total. The summed E-state index contributed by atoms with van der Waals surface area (Å²) in [5, 5.41) is 12.1. The van der Waals surface area contributed by atoms with Gasteiger partial charge in [0.15, 0.2) is 10.3 Å². The molecule has 0 atom stereocenters. The predicted molar refractivity (Wildman–Crippen MR) is 113 cm³/mol. The van der Waals surface area contributed by atoms with Gasteiger partial charge in [-0.25, -0.2) is 4.98 Å². The summed E-state index contributed by atoms with van der Waals surface area (Å²) in [5.74, 6) is 1.51. The number of fused-ring (bicyclic) bond motifs is 1. The van der Waals surface area contributed by atoms with Crippen LogP contribution in [0.2, 0.25) is 0 Å². The molecule has 0 unspecified atom stereocenters. The molecule has 0 fully saturated rings. The van der Waals surface area contributed by atoms with Gasteiger partial charge < -0.3 is 14.8 Å². The maximum Gasteiger partial charge on any atom is 0.236 e. The minimum absolute atomic E-state index is 0.166. The molecule has 0 radical (unpaired) electrons. The summed E-state index contributed by atoms with van der Waals surface area (Å²) < 4.78 is 13.2. The van der Waals surface area contributed by atoms with E-state index in [1.165, 1.54) is 23.1 Å². The Hall–Kier alpha value is -3.11. The first-order chi connectivity index (χ1) is 14.2. The van der Waals surface area contributed by atoms with Crippen LogP contribution in [0, 0.1) is 0 Å². The Labute approximate surface area is 174 Å². The highest BCUT2D eigenvalue weighted by Crippen LogP contribution is 2.29. The average molecular weight is 428 g/mol. The molecule has 0 aliphatic heterocycles. The molecule has 148 valence electrons. The normalized spacial score (nSPS) is 10.8. The summed E-state index contributed by atoms with van der Waals surface area (Å²) in [7, 11) is 3.23. The number of aromatic nitrogens is 4. The van der Waals surface area contributed by atoms with Crippen molar-refractivity contribution in [2.45, 2.75) is 5.16 Å². The standard InChI is InChI=1S/C19H17N5O3S2/c1-26-13-5-3-4-12(8-13)24-11-20-23-19(24)28-10-17(25)22-18-21-15-7-6-14(27-2)9-16(15)29-18/h3-9,11H,10H2,1-2H3,(H,21,22,25). The lowest BCUT2D eigenvalue weighted by atomic mass is 10.3. The third-order valence-electron chi connectivity index (χ3n) is 4.02. The second-order valence-electron chi connectivity index (χ2n) is 5.87. The van der Waals surface area contributed by atoms with E-state index in [-0.39, 0.29) is 11.7 Å². The van der Waals surface area contributed by atoms with E-state index in [9.17, 15) is 4.79 Å². The molecule has 0 aliphatic carbocycles. The van der Waals surface area contributed by atoms with Crippen molar-refractivity contribution < 1.29 is 14.3 Å². The summed E-state index contributed by atoms with van der Waals surface area (Å²) in [4.78, 5) is 16.8. The zero-order valence-corrected chi connectivity index (χ0v) is 17.3. The third kappa shape index (κ3) is 4.33. The lowest BCUT2D eigenvalue weighted by molar-refractivity contribution is -0.113. The number of carbonyl (C=O) groups is 1. The fraction of sp³-hybridized carbons (Fsp3) is 0.158. The number of carbonyl (C=O) groups excluding carboxylic acids is 1. The number of ether oxygens (including phenoxy) is 2. The SMILES string of the molecule is COc1cccc(-n2cnnc2SCC(=O)Nc2nc3ccc(OC)cc3s2)c1. The number of hydrogen-bond donors (Lipinski definition) is 1. The summed E-state index contributed by atoms with van der Waals surface area (Å²) >= 11 is 2.70. The molecule has 4 rings (SSSR count). The van der Waals surface area contributed by atoms with Crippen molar-refractivity contribution in [2.24, 2.45) is 0 Å². The lowest BCUT2D eigenvalue weighted by Crippen LogP contribution is -2.14. The fourth-order valence-electron chi connectivity index (χ4n) is 2.63. The van der Waals surface area contributed by atoms with E-state index in [0.717, 1.165) is 27.4 Å². The van der Waals surface area contributed by atoms with Crippen molar-refractivity contribution in [3.05, 3.63) is 48.8 Å². The second kappa shape index (κ2) is 8.50. The Morgan fingerprint density at radius 2 is 2.00 bits per heavy atom. The number of nitrogens with one attached hydrogen (secondary N) is 1. The first-order valence-electron chi connectivity index (χ1n) is 8.58. The Balaban J connectivity index is 1.42. The van der Waals surface area contributed by atoms with Crippen molar-refractivity contribution in [3.63, 3.8) is 0 Å². The second-order valence-corrected chi connectivity index (χ2v) is 7.85. The molecular formula is C19H17N5O3S2. The summed E-state index contributed by atoms with van der Waals surface area (Å²) in [6.45, 7) is 0. The number of rotatable bonds is 7. The van der Waals surface area contributed by atoms with Gasteiger partial charge in [0.05, 0.1) is 35.9 Å². The molecule has 2 heterocycles. The Bertz CT molecular complexity index is 1160. The van der Waals surface area contributed by atoms with Crippen molar-refractivity contribution >= 4 is 44.4 Å². The van der Waals surface area contributed by atoms with Crippen LogP contribution in [0.1, 0.15) is 0 Å². The van der Waals surface area contributed by atoms with Gasteiger partial charge in [-0.1, -0.05) is 29.2 Å². The molecule has 0 saturated carbocycles. The van der Waals surface area contributed by atoms with E-state index in [1.807, 2.05) is 47.0 Å². The highest BCUT2D eigenvalue weighted by molar-refractivity contribution is 7.99. The van der Waals surface area contributed by atoms with E-state index >= 15 is 0 Å². The van der Waals surface area contributed by atoms with E-state index in [0.29, 0.717) is 10.3 Å². The van der Waals surface area contributed by atoms with Gasteiger partial charge in [-0.15, -0.1) is 10.2 Å². The van der Waals surface area contributed by atoms with Crippen LogP contribution in [0.3, 0.4) is 0 Å². The van der Waals surface area contributed by atoms with Crippen molar-refractivity contribution in [3.8, 4) is 17.2 Å². The van der Waals surface area contributed by atoms with E-state index < -0.39 is 0 Å². The number of nitrogens with zero attached hydrogens (tertiary/aromatic N) is 4. The van der Waals surface area contributed by atoms with E-state index in [2.05, 4.69) is 20.5 Å². The molecule has 10 heteroatoms. The maximum absolute atomic E-state index is 12.4. The molecule has 4 aromatic rings.